The minimum absolute atomic E-state index is 0.153. The van der Waals surface area contributed by atoms with Crippen molar-refractivity contribution in [3.05, 3.63) is 40.9 Å². The Hall–Kier alpha value is -2.72. The second-order valence-corrected chi connectivity index (χ2v) is 24.0. The fourth-order valence-corrected chi connectivity index (χ4v) is 11.5. The molecule has 2 unspecified atom stereocenters. The van der Waals surface area contributed by atoms with Crippen molar-refractivity contribution in [2.75, 3.05) is 66.7 Å². The fourth-order valence-electron chi connectivity index (χ4n) is 11.5. The summed E-state index contributed by atoms with van der Waals surface area (Å²) in [6, 6.07) is 0.153. The highest BCUT2D eigenvalue weighted by Gasteiger charge is 2.29. The molecule has 0 fully saturated rings. The van der Waals surface area contributed by atoms with Crippen molar-refractivity contribution < 1.29 is 5.11 Å². The number of aliphatic hydroxyl groups excluding tert-OH is 1. The monoisotopic (exact) mass is 1080 g/mol. The van der Waals surface area contributed by atoms with Crippen LogP contribution in [0.3, 0.4) is 0 Å². The second kappa shape index (κ2) is 49.1. The lowest BCUT2D eigenvalue weighted by Gasteiger charge is -2.34. The molecule has 0 spiro atoms. The van der Waals surface area contributed by atoms with Crippen molar-refractivity contribution >= 4 is 22.7 Å². The number of hydrogen-bond donors (Lipinski definition) is 4. The molecule has 0 aliphatic heterocycles. The van der Waals surface area contributed by atoms with Gasteiger partial charge >= 0.3 is 0 Å². The second-order valence-electron chi connectivity index (χ2n) is 24.0. The van der Waals surface area contributed by atoms with E-state index < -0.39 is 17.0 Å². The first-order valence-electron chi connectivity index (χ1n) is 33.8. The molecule has 2 atom stereocenters. The van der Waals surface area contributed by atoms with E-state index in [1.54, 1.807) is 0 Å². The number of nitrogens with zero attached hydrogens (tertiary/aromatic N) is 2. The average Bonchev–Trinajstić information content (AvgIpc) is 3.43. The Kier molecular flexibility index (Phi) is 44.9. The predicted octanol–water partition coefficient (Wildman–Crippen LogP) is 17.3. The molecule has 10 heteroatoms. The third kappa shape index (κ3) is 33.6. The molecule has 0 aliphatic carbocycles. The summed E-state index contributed by atoms with van der Waals surface area (Å²) in [7, 11) is 0. The van der Waals surface area contributed by atoms with E-state index in [9.17, 15) is 24.3 Å². The lowest BCUT2D eigenvalue weighted by atomic mass is 10.0. The lowest BCUT2D eigenvalue weighted by Crippen LogP contribution is -2.46. The maximum absolute atomic E-state index is 13.5. The van der Waals surface area contributed by atoms with Crippen LogP contribution in [0.25, 0.3) is 0 Å². The Labute approximate surface area is 474 Å². The molecule has 10 nitrogen and oxygen atoms in total. The van der Waals surface area contributed by atoms with Crippen LogP contribution >= 0.6 is 0 Å². The van der Waals surface area contributed by atoms with Crippen molar-refractivity contribution in [2.45, 2.75) is 336 Å². The van der Waals surface area contributed by atoms with Gasteiger partial charge in [-0.3, -0.25) is 19.2 Å². The summed E-state index contributed by atoms with van der Waals surface area (Å²) in [5.74, 6) is 0. The van der Waals surface area contributed by atoms with Crippen LogP contribution in [0.15, 0.2) is 19.2 Å². The van der Waals surface area contributed by atoms with Gasteiger partial charge in [0, 0.05) is 38.8 Å². The molecule has 448 valence electrons. The van der Waals surface area contributed by atoms with Gasteiger partial charge in [0.25, 0.3) is 21.7 Å². The summed E-state index contributed by atoms with van der Waals surface area (Å²) in [5.41, 5.74) is 0.163. The van der Waals surface area contributed by atoms with Gasteiger partial charge in [0.2, 0.25) is 0 Å². The van der Waals surface area contributed by atoms with E-state index in [4.69, 9.17) is 0 Å². The summed E-state index contributed by atoms with van der Waals surface area (Å²) in [5, 5.41) is 21.3. The van der Waals surface area contributed by atoms with Gasteiger partial charge in [0.05, 0.1) is 6.10 Å². The summed E-state index contributed by atoms with van der Waals surface area (Å²) in [6.45, 7) is 15.8. The van der Waals surface area contributed by atoms with Crippen LogP contribution in [-0.4, -0.2) is 68.0 Å². The van der Waals surface area contributed by atoms with E-state index in [-0.39, 0.29) is 23.4 Å². The number of aliphatic hydroxyl groups is 1. The van der Waals surface area contributed by atoms with Crippen molar-refractivity contribution in [1.82, 2.24) is 4.90 Å². The molecule has 77 heavy (non-hydrogen) atoms. The van der Waals surface area contributed by atoms with Crippen LogP contribution in [0.1, 0.15) is 324 Å². The third-order valence-corrected chi connectivity index (χ3v) is 16.7. The molecule has 2 aromatic carbocycles. The zero-order valence-corrected chi connectivity index (χ0v) is 51.4. The highest BCUT2D eigenvalue weighted by atomic mass is 16.3. The summed E-state index contributed by atoms with van der Waals surface area (Å²) >= 11 is 0. The van der Waals surface area contributed by atoms with Crippen molar-refractivity contribution in [1.29, 1.82) is 0 Å². The Balaban J connectivity index is 2.02. The first kappa shape index (κ1) is 70.4. The van der Waals surface area contributed by atoms with Crippen LogP contribution in [0.2, 0.25) is 0 Å². The van der Waals surface area contributed by atoms with Gasteiger partial charge in [0.1, 0.15) is 22.7 Å². The van der Waals surface area contributed by atoms with Gasteiger partial charge in [-0.25, -0.2) is 0 Å². The van der Waals surface area contributed by atoms with E-state index in [1.807, 2.05) is 0 Å². The standard InChI is InChI=1S/C67H125N5O5/c1-6-10-14-18-22-26-30-31-35-39-43-47-53-71(57-59(73)56-70-61-60(64(74)65(61)75)68-51-45-41-37-33-28-24-20-16-12-8-3)54-48-49-55-72(58(5)50-44-40-36-32-27-23-19-15-11-7-2)63-62(66(76)67(63)77)69-52-46-42-38-34-29-25-21-17-13-9-4/h58-59,68-70,73H,6-57H2,1-5H3. The minimum Gasteiger partial charge on any atom is -0.390 e. The Morgan fingerprint density at radius 2 is 0.649 bits per heavy atom. The Morgan fingerprint density at radius 3 is 1.05 bits per heavy atom. The fraction of sp³-hybridized carbons (Fsp3) is 0.881. The highest BCUT2D eigenvalue weighted by Crippen LogP contribution is 2.26. The normalized spacial score (nSPS) is 12.6. The number of anilines is 4. The SMILES string of the molecule is CCCCCCCCCCCCCCN(CCCCN(c1c(NCCCCCCCCCCCC)c(=O)c1=O)C(C)CCCCCCCCCCCC)CC(O)CNc1c(NCCCCCCCCCCCC)c(=O)c1=O. The van der Waals surface area contributed by atoms with Crippen LogP contribution in [0, 0.1) is 0 Å². The first-order valence-corrected chi connectivity index (χ1v) is 33.8. The Morgan fingerprint density at radius 1 is 0.351 bits per heavy atom. The number of nitrogens with one attached hydrogen (secondary N) is 3. The lowest BCUT2D eigenvalue weighted by molar-refractivity contribution is 0.119. The number of hydrogen-bond acceptors (Lipinski definition) is 10. The number of rotatable bonds is 60. The van der Waals surface area contributed by atoms with Crippen molar-refractivity contribution in [2.24, 2.45) is 0 Å². The largest absolute Gasteiger partial charge is 0.390 e. The van der Waals surface area contributed by atoms with Crippen LogP contribution in [0.5, 0.6) is 0 Å². The maximum atomic E-state index is 13.5. The molecule has 0 saturated heterocycles. The molecule has 0 amide bonds. The van der Waals surface area contributed by atoms with Gasteiger partial charge in [-0.15, -0.1) is 0 Å². The summed E-state index contributed by atoms with van der Waals surface area (Å²) in [4.78, 5) is 56.6. The average molecular weight is 1080 g/mol. The molecule has 0 radical (unpaired) electrons. The van der Waals surface area contributed by atoms with Gasteiger partial charge in [0.15, 0.2) is 0 Å². The molecule has 0 saturated carbocycles. The van der Waals surface area contributed by atoms with Gasteiger partial charge in [-0.05, 0) is 58.5 Å². The molecular formula is C67H125N5O5. The van der Waals surface area contributed by atoms with Gasteiger partial charge in [-0.2, -0.15) is 0 Å². The quantitative estimate of drug-likeness (QED) is 0.0375. The van der Waals surface area contributed by atoms with Crippen LogP contribution in [0.4, 0.5) is 22.7 Å². The van der Waals surface area contributed by atoms with Crippen LogP contribution in [-0.2, 0) is 0 Å². The Bertz CT molecular complexity index is 1780. The molecule has 2 rings (SSSR count). The molecule has 0 bridgehead atoms. The van der Waals surface area contributed by atoms with Crippen molar-refractivity contribution in [3.8, 4) is 0 Å². The maximum Gasteiger partial charge on any atom is 0.253 e. The topological polar surface area (TPSA) is 131 Å². The zero-order valence-electron chi connectivity index (χ0n) is 51.4. The van der Waals surface area contributed by atoms with Crippen LogP contribution < -0.4 is 42.6 Å². The zero-order chi connectivity index (χ0) is 55.8. The predicted molar refractivity (Wildman–Crippen MR) is 338 cm³/mol. The molecule has 0 aromatic heterocycles. The van der Waals surface area contributed by atoms with E-state index in [2.05, 4.69) is 60.4 Å². The molecule has 0 heterocycles. The summed E-state index contributed by atoms with van der Waals surface area (Å²) in [6.07, 6.45) is 55.5. The summed E-state index contributed by atoms with van der Waals surface area (Å²) < 4.78 is 0. The minimum atomic E-state index is -0.711. The smallest absolute Gasteiger partial charge is 0.253 e. The van der Waals surface area contributed by atoms with E-state index in [0.29, 0.717) is 42.4 Å². The molecule has 0 aliphatic rings. The molecule has 2 aromatic rings. The van der Waals surface area contributed by atoms with Crippen molar-refractivity contribution in [3.63, 3.8) is 0 Å². The highest BCUT2D eigenvalue weighted by molar-refractivity contribution is 5.75. The van der Waals surface area contributed by atoms with Gasteiger partial charge < -0.3 is 30.9 Å². The number of unbranched alkanes of at least 4 members (excludes halogenated alkanes) is 39. The van der Waals surface area contributed by atoms with E-state index >= 15 is 0 Å². The van der Waals surface area contributed by atoms with Gasteiger partial charge in [-0.1, -0.05) is 278 Å². The van der Waals surface area contributed by atoms with E-state index in [0.717, 1.165) is 77.4 Å². The first-order chi connectivity index (χ1) is 37.7. The molecular weight excluding hydrogens is 955 g/mol. The molecule has 4 N–H and O–H groups in total. The van der Waals surface area contributed by atoms with E-state index in [1.165, 1.54) is 231 Å². The third-order valence-electron chi connectivity index (χ3n) is 16.7.